The van der Waals surface area contributed by atoms with E-state index in [4.69, 9.17) is 9.84 Å². The molecule has 1 amide bonds. The van der Waals surface area contributed by atoms with Gasteiger partial charge in [0.25, 0.3) is 0 Å². The number of aliphatic carboxylic acids is 1. The number of amides is 1. The van der Waals surface area contributed by atoms with Crippen molar-refractivity contribution in [2.24, 2.45) is 5.92 Å². The van der Waals surface area contributed by atoms with Crippen molar-refractivity contribution in [3.63, 3.8) is 0 Å². The lowest BCUT2D eigenvalue weighted by Gasteiger charge is -2.15. The number of hydrogen-bond donors (Lipinski definition) is 2. The molecular formula is C10H19NO5S. The minimum absolute atomic E-state index is 0.278. The zero-order valence-corrected chi connectivity index (χ0v) is 11.1. The standard InChI is InChI=1S/C10H19NO5S/c1-7(2)9(10(13)14)17(15)6-8(12)11-4-5-16-3/h7,9H,4-6H2,1-3H3,(H,11,12)(H,13,14). The van der Waals surface area contributed by atoms with Crippen LogP contribution in [0.4, 0.5) is 0 Å². The van der Waals surface area contributed by atoms with Gasteiger partial charge in [-0.25, -0.2) is 0 Å². The summed E-state index contributed by atoms with van der Waals surface area (Å²) < 4.78 is 16.4. The second-order valence-corrected chi connectivity index (χ2v) is 5.43. The van der Waals surface area contributed by atoms with Crippen LogP contribution in [0.2, 0.25) is 0 Å². The summed E-state index contributed by atoms with van der Waals surface area (Å²) in [6.07, 6.45) is 0. The molecule has 0 aromatic heterocycles. The van der Waals surface area contributed by atoms with Gasteiger partial charge < -0.3 is 15.2 Å². The van der Waals surface area contributed by atoms with Gasteiger partial charge in [0.15, 0.2) is 0 Å². The normalized spacial score (nSPS) is 14.4. The summed E-state index contributed by atoms with van der Waals surface area (Å²) in [4.78, 5) is 22.2. The van der Waals surface area contributed by atoms with Crippen LogP contribution in [0.3, 0.4) is 0 Å². The molecule has 2 N–H and O–H groups in total. The molecule has 0 saturated heterocycles. The predicted octanol–water partition coefficient (Wildman–Crippen LogP) is -0.393. The van der Waals surface area contributed by atoms with Gasteiger partial charge in [0.05, 0.1) is 6.61 Å². The van der Waals surface area contributed by atoms with E-state index in [2.05, 4.69) is 5.32 Å². The van der Waals surface area contributed by atoms with E-state index in [1.807, 2.05) is 0 Å². The average molecular weight is 265 g/mol. The fourth-order valence-electron chi connectivity index (χ4n) is 1.26. The Labute approximate surface area is 103 Å². The van der Waals surface area contributed by atoms with Crippen molar-refractivity contribution in [1.29, 1.82) is 0 Å². The molecule has 0 fully saturated rings. The minimum atomic E-state index is -1.71. The number of hydrogen-bond acceptors (Lipinski definition) is 4. The highest BCUT2D eigenvalue weighted by atomic mass is 32.2. The fraction of sp³-hybridized carbons (Fsp3) is 0.800. The van der Waals surface area contributed by atoms with Crippen molar-refractivity contribution in [2.45, 2.75) is 19.1 Å². The van der Waals surface area contributed by atoms with Crippen LogP contribution in [0, 0.1) is 5.92 Å². The first-order valence-corrected chi connectivity index (χ1v) is 6.64. The lowest BCUT2D eigenvalue weighted by Crippen LogP contribution is -2.38. The van der Waals surface area contributed by atoms with Gasteiger partial charge in [0, 0.05) is 24.5 Å². The van der Waals surface area contributed by atoms with E-state index in [-0.39, 0.29) is 11.7 Å². The summed E-state index contributed by atoms with van der Waals surface area (Å²) in [7, 11) is -0.202. The van der Waals surface area contributed by atoms with Gasteiger partial charge in [0.1, 0.15) is 11.0 Å². The highest BCUT2D eigenvalue weighted by molar-refractivity contribution is 7.87. The number of nitrogens with one attached hydrogen (secondary N) is 1. The molecule has 0 saturated carbocycles. The highest BCUT2D eigenvalue weighted by Crippen LogP contribution is 2.10. The third-order valence-corrected chi connectivity index (χ3v) is 3.89. The van der Waals surface area contributed by atoms with Gasteiger partial charge in [-0.2, -0.15) is 0 Å². The third kappa shape index (κ3) is 6.38. The van der Waals surface area contributed by atoms with Gasteiger partial charge in [-0.3, -0.25) is 13.8 Å². The Morgan fingerprint density at radius 2 is 2.00 bits per heavy atom. The SMILES string of the molecule is COCCNC(=O)CS(=O)C(C(=O)O)C(C)C. The van der Waals surface area contributed by atoms with Crippen LogP contribution in [0.15, 0.2) is 0 Å². The molecule has 0 heterocycles. The maximum atomic E-state index is 11.7. The summed E-state index contributed by atoms with van der Waals surface area (Å²) in [6, 6.07) is 0. The molecular weight excluding hydrogens is 246 g/mol. The summed E-state index contributed by atoms with van der Waals surface area (Å²) in [6.45, 7) is 4.02. The third-order valence-electron chi connectivity index (χ3n) is 2.03. The zero-order valence-electron chi connectivity index (χ0n) is 10.3. The van der Waals surface area contributed by atoms with E-state index < -0.39 is 27.9 Å². The molecule has 7 heteroatoms. The molecule has 0 radical (unpaired) electrons. The van der Waals surface area contributed by atoms with Crippen LogP contribution in [0.1, 0.15) is 13.8 Å². The minimum Gasteiger partial charge on any atom is -0.480 e. The Kier molecular flexibility index (Phi) is 7.73. The largest absolute Gasteiger partial charge is 0.480 e. The van der Waals surface area contributed by atoms with Crippen LogP contribution in [0.25, 0.3) is 0 Å². The lowest BCUT2D eigenvalue weighted by atomic mass is 10.1. The predicted molar refractivity (Wildman–Crippen MR) is 64.2 cm³/mol. The van der Waals surface area contributed by atoms with Crippen molar-refractivity contribution < 1.29 is 23.6 Å². The average Bonchev–Trinajstić information content (AvgIpc) is 2.16. The number of methoxy groups -OCH3 is 1. The van der Waals surface area contributed by atoms with E-state index in [9.17, 15) is 13.8 Å². The first-order chi connectivity index (χ1) is 7.90. The van der Waals surface area contributed by atoms with Gasteiger partial charge in [-0.15, -0.1) is 0 Å². The summed E-state index contributed by atoms with van der Waals surface area (Å²) >= 11 is 0. The smallest absolute Gasteiger partial charge is 0.319 e. The lowest BCUT2D eigenvalue weighted by molar-refractivity contribution is -0.137. The molecule has 100 valence electrons. The first kappa shape index (κ1) is 16.1. The number of ether oxygens (including phenoxy) is 1. The van der Waals surface area contributed by atoms with E-state index in [0.717, 1.165) is 0 Å². The molecule has 0 aromatic rings. The Bertz CT molecular complexity index is 292. The Hall–Kier alpha value is -0.950. The highest BCUT2D eigenvalue weighted by Gasteiger charge is 2.29. The molecule has 0 aliphatic carbocycles. The number of rotatable bonds is 8. The second kappa shape index (κ2) is 8.19. The summed E-state index contributed by atoms with van der Waals surface area (Å²) in [5.74, 6) is -2.13. The molecule has 6 nitrogen and oxygen atoms in total. The van der Waals surface area contributed by atoms with Gasteiger partial charge in [-0.1, -0.05) is 13.8 Å². The van der Waals surface area contributed by atoms with E-state index in [0.29, 0.717) is 13.2 Å². The van der Waals surface area contributed by atoms with Gasteiger partial charge >= 0.3 is 5.97 Å². The van der Waals surface area contributed by atoms with Crippen molar-refractivity contribution in [2.75, 3.05) is 26.0 Å². The van der Waals surface area contributed by atoms with Crippen molar-refractivity contribution in [1.82, 2.24) is 5.32 Å². The van der Waals surface area contributed by atoms with Crippen LogP contribution in [0.5, 0.6) is 0 Å². The summed E-state index contributed by atoms with van der Waals surface area (Å²) in [5, 5.41) is 10.4. The van der Waals surface area contributed by atoms with Crippen molar-refractivity contribution in [3.8, 4) is 0 Å². The van der Waals surface area contributed by atoms with Crippen LogP contribution in [-0.2, 0) is 25.1 Å². The number of carboxylic acids is 1. The second-order valence-electron chi connectivity index (χ2n) is 3.87. The van der Waals surface area contributed by atoms with Crippen LogP contribution >= 0.6 is 0 Å². The van der Waals surface area contributed by atoms with Crippen molar-refractivity contribution in [3.05, 3.63) is 0 Å². The maximum absolute atomic E-state index is 11.7. The van der Waals surface area contributed by atoms with Crippen LogP contribution in [-0.4, -0.2) is 52.5 Å². The molecule has 0 aliphatic heterocycles. The maximum Gasteiger partial charge on any atom is 0.319 e. The molecule has 0 spiro atoms. The number of carbonyl (C=O) groups is 2. The Balaban J connectivity index is 4.22. The van der Waals surface area contributed by atoms with Gasteiger partial charge in [-0.05, 0) is 5.92 Å². The van der Waals surface area contributed by atoms with E-state index in [1.54, 1.807) is 13.8 Å². The topological polar surface area (TPSA) is 92.7 Å². The molecule has 2 atom stereocenters. The quantitative estimate of drug-likeness (QED) is 0.583. The molecule has 0 aliphatic rings. The van der Waals surface area contributed by atoms with E-state index in [1.165, 1.54) is 7.11 Å². The Morgan fingerprint density at radius 3 is 2.41 bits per heavy atom. The summed E-state index contributed by atoms with van der Waals surface area (Å²) in [5.41, 5.74) is 0. The zero-order chi connectivity index (χ0) is 13.4. The number of carboxylic acid groups (broad SMARTS) is 1. The van der Waals surface area contributed by atoms with Crippen molar-refractivity contribution >= 4 is 22.7 Å². The van der Waals surface area contributed by atoms with Crippen LogP contribution < -0.4 is 5.32 Å². The molecule has 0 aromatic carbocycles. The fourth-order valence-corrected chi connectivity index (χ4v) is 2.64. The van der Waals surface area contributed by atoms with E-state index >= 15 is 0 Å². The molecule has 0 rings (SSSR count). The Morgan fingerprint density at radius 1 is 1.41 bits per heavy atom. The number of carbonyl (C=O) groups excluding carboxylic acids is 1. The molecule has 17 heavy (non-hydrogen) atoms. The molecule has 2 unspecified atom stereocenters. The molecule has 0 bridgehead atoms. The first-order valence-electron chi connectivity index (χ1n) is 5.25. The van der Waals surface area contributed by atoms with Gasteiger partial charge in [0.2, 0.25) is 5.91 Å². The monoisotopic (exact) mass is 265 g/mol.